The summed E-state index contributed by atoms with van der Waals surface area (Å²) in [5.41, 5.74) is 3.91. The molecule has 0 spiro atoms. The summed E-state index contributed by atoms with van der Waals surface area (Å²) in [6, 6.07) is 13.0. The maximum Gasteiger partial charge on any atom is 0.417 e. The van der Waals surface area contributed by atoms with Crippen LogP contribution in [0, 0.1) is 6.92 Å². The van der Waals surface area contributed by atoms with Crippen LogP contribution in [-0.4, -0.2) is 36.5 Å². The number of aromatic amines is 1. The molecule has 3 heterocycles. The van der Waals surface area contributed by atoms with Crippen LogP contribution >= 0.6 is 0 Å². The topological polar surface area (TPSA) is 155 Å². The average molecular weight is 472 g/mol. The zero-order valence-electron chi connectivity index (χ0n) is 18.5. The molecule has 2 aromatic carbocycles. The zero-order chi connectivity index (χ0) is 24.5. The summed E-state index contributed by atoms with van der Waals surface area (Å²) in [5.74, 6) is -1.38. The number of phenolic OH excluding ortho intramolecular Hbond substituents is 1. The first-order chi connectivity index (χ1) is 16.9. The van der Waals surface area contributed by atoms with E-state index < -0.39 is 17.6 Å². The highest BCUT2D eigenvalue weighted by molar-refractivity contribution is 5.98. The van der Waals surface area contributed by atoms with E-state index in [1.807, 2.05) is 6.92 Å². The number of nitrogens with zero attached hydrogens (tertiary/aromatic N) is 3. The molecule has 176 valence electrons. The second kappa shape index (κ2) is 8.78. The Morgan fingerprint density at radius 1 is 1.06 bits per heavy atom. The third-order valence-corrected chi connectivity index (χ3v) is 5.53. The highest BCUT2D eigenvalue weighted by Gasteiger charge is 2.18. The molecular weight excluding hydrogens is 452 g/mol. The lowest BCUT2D eigenvalue weighted by Crippen LogP contribution is -2.28. The molecule has 0 saturated heterocycles. The Labute approximate surface area is 197 Å². The fourth-order valence-electron chi connectivity index (χ4n) is 3.69. The van der Waals surface area contributed by atoms with Crippen LogP contribution < -0.4 is 16.4 Å². The number of carbonyl (C=O) groups is 2. The Hall–Kier alpha value is -4.93. The van der Waals surface area contributed by atoms with E-state index in [-0.39, 0.29) is 30.2 Å². The third kappa shape index (κ3) is 4.47. The summed E-state index contributed by atoms with van der Waals surface area (Å²) in [6.45, 7) is 2.24. The van der Waals surface area contributed by atoms with Gasteiger partial charge in [0.25, 0.3) is 11.8 Å². The molecule has 0 radical (unpaired) electrons. The summed E-state index contributed by atoms with van der Waals surface area (Å²) in [4.78, 5) is 44.0. The van der Waals surface area contributed by atoms with Crippen LogP contribution in [0.4, 0.5) is 0 Å². The maximum atomic E-state index is 13.0. The number of amides is 2. The summed E-state index contributed by atoms with van der Waals surface area (Å²) in [7, 11) is 0. The van der Waals surface area contributed by atoms with Crippen LogP contribution in [0.3, 0.4) is 0 Å². The lowest BCUT2D eigenvalue weighted by Gasteiger charge is -2.11. The number of phenols is 1. The molecule has 0 saturated carbocycles. The number of aromatic hydroxyl groups is 1. The molecule has 0 aliphatic carbocycles. The van der Waals surface area contributed by atoms with Gasteiger partial charge in [-0.1, -0.05) is 12.1 Å². The second-order valence-corrected chi connectivity index (χ2v) is 7.95. The smallest absolute Gasteiger partial charge is 0.417 e. The van der Waals surface area contributed by atoms with Crippen molar-refractivity contribution in [1.29, 1.82) is 0 Å². The van der Waals surface area contributed by atoms with Crippen LogP contribution in [0.1, 0.15) is 37.7 Å². The third-order valence-electron chi connectivity index (χ3n) is 5.53. The first-order valence-corrected chi connectivity index (χ1v) is 10.7. The fraction of sp³-hybridized carbons (Fsp3) is 0.125. The molecular formula is C24H20N6O5. The highest BCUT2D eigenvalue weighted by atomic mass is 16.4. The quantitative estimate of drug-likeness (QED) is 0.295. The Kier molecular flexibility index (Phi) is 5.49. The Balaban J connectivity index is 1.34. The molecule has 0 fully saturated rings. The van der Waals surface area contributed by atoms with E-state index in [0.717, 1.165) is 16.7 Å². The minimum absolute atomic E-state index is 0.0504. The van der Waals surface area contributed by atoms with E-state index in [1.165, 1.54) is 16.8 Å². The van der Waals surface area contributed by atoms with Gasteiger partial charge in [0, 0.05) is 25.2 Å². The van der Waals surface area contributed by atoms with Crippen molar-refractivity contribution in [3.63, 3.8) is 0 Å². The molecule has 0 bridgehead atoms. The molecule has 11 heteroatoms. The molecule has 0 aliphatic heterocycles. The molecule has 5 aromatic rings. The zero-order valence-corrected chi connectivity index (χ0v) is 18.5. The normalized spacial score (nSPS) is 11.1. The van der Waals surface area contributed by atoms with E-state index in [1.54, 1.807) is 42.5 Å². The Morgan fingerprint density at radius 2 is 1.89 bits per heavy atom. The molecule has 3 aromatic heterocycles. The van der Waals surface area contributed by atoms with Crippen molar-refractivity contribution in [1.82, 2.24) is 30.2 Å². The molecule has 0 aliphatic rings. The van der Waals surface area contributed by atoms with Crippen LogP contribution in [0.5, 0.6) is 5.75 Å². The number of carbonyl (C=O) groups excluding carboxylic acids is 2. The minimum atomic E-state index is -0.551. The average Bonchev–Trinajstić information content (AvgIpc) is 3.47. The lowest BCUT2D eigenvalue weighted by atomic mass is 10.1. The number of rotatable bonds is 6. The van der Waals surface area contributed by atoms with Crippen molar-refractivity contribution in [2.45, 2.75) is 20.0 Å². The number of aryl methyl sites for hydroxylation is 1. The molecule has 4 N–H and O–H groups in total. The predicted molar refractivity (Wildman–Crippen MR) is 125 cm³/mol. The SMILES string of the molecule is Cc1ccc(O)cc1CNC(=O)c1cc(C(=O)NCc2ccc3oc(=O)[nH]c3c2)nc2ccnn12. The van der Waals surface area contributed by atoms with Gasteiger partial charge < -0.3 is 20.2 Å². The van der Waals surface area contributed by atoms with Crippen LogP contribution in [0.2, 0.25) is 0 Å². The van der Waals surface area contributed by atoms with E-state index in [4.69, 9.17) is 4.42 Å². The van der Waals surface area contributed by atoms with Crippen molar-refractivity contribution in [3.8, 4) is 5.75 Å². The molecule has 35 heavy (non-hydrogen) atoms. The van der Waals surface area contributed by atoms with Gasteiger partial charge in [0.1, 0.15) is 17.1 Å². The van der Waals surface area contributed by atoms with Gasteiger partial charge in [-0.3, -0.25) is 14.6 Å². The Bertz CT molecular complexity index is 1650. The summed E-state index contributed by atoms with van der Waals surface area (Å²) >= 11 is 0. The number of hydrogen-bond acceptors (Lipinski definition) is 7. The van der Waals surface area contributed by atoms with Gasteiger partial charge in [-0.25, -0.2) is 14.3 Å². The first-order valence-electron chi connectivity index (χ1n) is 10.7. The van der Waals surface area contributed by atoms with Crippen LogP contribution in [0.15, 0.2) is 63.9 Å². The lowest BCUT2D eigenvalue weighted by molar-refractivity contribution is 0.0942. The Morgan fingerprint density at radius 3 is 2.74 bits per heavy atom. The van der Waals surface area contributed by atoms with Gasteiger partial charge in [0.2, 0.25) is 0 Å². The first kappa shape index (κ1) is 21.9. The second-order valence-electron chi connectivity index (χ2n) is 7.95. The van der Waals surface area contributed by atoms with E-state index in [9.17, 15) is 19.5 Å². The van der Waals surface area contributed by atoms with Crippen molar-refractivity contribution in [2.24, 2.45) is 0 Å². The summed E-state index contributed by atoms with van der Waals surface area (Å²) < 4.78 is 6.33. The standard InChI is InChI=1S/C24H20N6O5/c1-13-2-4-16(31)9-15(13)12-26-23(33)19-10-18(28-21-6-7-27-30(19)21)22(32)25-11-14-3-5-20-17(8-14)29-24(34)35-20/h2-10,31H,11-12H2,1H3,(H,25,32)(H,26,33)(H,29,34). The number of oxazole rings is 1. The number of hydrogen-bond donors (Lipinski definition) is 4. The van der Waals surface area contributed by atoms with Gasteiger partial charge in [0.05, 0.1) is 11.7 Å². The van der Waals surface area contributed by atoms with Gasteiger partial charge in [-0.15, -0.1) is 0 Å². The number of H-pyrrole nitrogens is 1. The van der Waals surface area contributed by atoms with Crippen LogP contribution in [-0.2, 0) is 13.1 Å². The molecule has 0 atom stereocenters. The number of nitrogens with one attached hydrogen (secondary N) is 3. The van der Waals surface area contributed by atoms with E-state index in [2.05, 4.69) is 25.7 Å². The van der Waals surface area contributed by atoms with Crippen molar-refractivity contribution in [3.05, 3.63) is 93.4 Å². The number of benzene rings is 2. The van der Waals surface area contributed by atoms with Crippen molar-refractivity contribution in [2.75, 3.05) is 0 Å². The molecule has 5 rings (SSSR count). The number of aromatic nitrogens is 4. The van der Waals surface area contributed by atoms with Gasteiger partial charge in [-0.05, 0) is 47.9 Å². The monoisotopic (exact) mass is 472 g/mol. The number of fused-ring (bicyclic) bond motifs is 2. The summed E-state index contributed by atoms with van der Waals surface area (Å²) in [5, 5.41) is 19.4. The largest absolute Gasteiger partial charge is 0.508 e. The molecule has 0 unspecified atom stereocenters. The van der Waals surface area contributed by atoms with Crippen molar-refractivity contribution >= 4 is 28.6 Å². The highest BCUT2D eigenvalue weighted by Crippen LogP contribution is 2.16. The van der Waals surface area contributed by atoms with Crippen LogP contribution in [0.25, 0.3) is 16.7 Å². The minimum Gasteiger partial charge on any atom is -0.508 e. The summed E-state index contributed by atoms with van der Waals surface area (Å²) in [6.07, 6.45) is 1.49. The van der Waals surface area contributed by atoms with Crippen molar-refractivity contribution < 1.29 is 19.1 Å². The van der Waals surface area contributed by atoms with Gasteiger partial charge >= 0.3 is 5.76 Å². The van der Waals surface area contributed by atoms with Gasteiger partial charge in [0.15, 0.2) is 11.2 Å². The fourth-order valence-corrected chi connectivity index (χ4v) is 3.69. The van der Waals surface area contributed by atoms with E-state index >= 15 is 0 Å². The maximum absolute atomic E-state index is 13.0. The molecule has 2 amide bonds. The van der Waals surface area contributed by atoms with Gasteiger partial charge in [-0.2, -0.15) is 5.10 Å². The molecule has 11 nitrogen and oxygen atoms in total. The van der Waals surface area contributed by atoms with E-state index in [0.29, 0.717) is 16.7 Å². The predicted octanol–water partition coefficient (Wildman–Crippen LogP) is 2.04.